The summed E-state index contributed by atoms with van der Waals surface area (Å²) in [5.74, 6) is 0.605. The largest absolute Gasteiger partial charge is 0.376 e. The van der Waals surface area contributed by atoms with E-state index in [4.69, 9.17) is 4.74 Å². The van der Waals surface area contributed by atoms with Crippen molar-refractivity contribution in [2.45, 2.75) is 20.5 Å². The van der Waals surface area contributed by atoms with Crippen LogP contribution in [0.4, 0.5) is 0 Å². The van der Waals surface area contributed by atoms with Gasteiger partial charge in [0.1, 0.15) is 0 Å². The predicted molar refractivity (Wildman–Crippen MR) is 49.8 cm³/mol. The molecule has 1 aromatic rings. The van der Waals surface area contributed by atoms with E-state index in [-0.39, 0.29) is 0 Å². The zero-order valence-electron chi connectivity index (χ0n) is 7.71. The minimum Gasteiger partial charge on any atom is -0.376 e. The van der Waals surface area contributed by atoms with Crippen LogP contribution in [0.15, 0.2) is 24.3 Å². The molecule has 0 bridgehead atoms. The van der Waals surface area contributed by atoms with Gasteiger partial charge in [-0.3, -0.25) is 0 Å². The summed E-state index contributed by atoms with van der Waals surface area (Å²) in [6.45, 7) is 5.80. The molecule has 0 fully saturated rings. The van der Waals surface area contributed by atoms with Crippen molar-refractivity contribution < 1.29 is 4.74 Å². The van der Waals surface area contributed by atoms with E-state index < -0.39 is 0 Å². The van der Waals surface area contributed by atoms with Gasteiger partial charge in [0, 0.05) is 6.61 Å². The van der Waals surface area contributed by atoms with Gasteiger partial charge in [0.15, 0.2) is 0 Å². The molecular formula is C11H15O. The van der Waals surface area contributed by atoms with E-state index in [1.165, 1.54) is 0 Å². The highest BCUT2D eigenvalue weighted by Crippen LogP contribution is 2.01. The monoisotopic (exact) mass is 163 g/mol. The summed E-state index contributed by atoms with van der Waals surface area (Å²) < 4.78 is 5.45. The Balaban J connectivity index is 2.25. The van der Waals surface area contributed by atoms with Gasteiger partial charge in [-0.05, 0) is 17.5 Å². The second-order valence-corrected chi connectivity index (χ2v) is 3.30. The van der Waals surface area contributed by atoms with Gasteiger partial charge in [0.25, 0.3) is 0 Å². The number of hydrogen-bond acceptors (Lipinski definition) is 1. The number of rotatable bonds is 4. The first-order valence-electron chi connectivity index (χ1n) is 4.32. The lowest BCUT2D eigenvalue weighted by Gasteiger charge is -2.05. The first-order chi connectivity index (χ1) is 5.79. The molecule has 0 saturated carbocycles. The van der Waals surface area contributed by atoms with Gasteiger partial charge < -0.3 is 4.74 Å². The second kappa shape index (κ2) is 4.94. The lowest BCUT2D eigenvalue weighted by Crippen LogP contribution is -2.01. The summed E-state index contributed by atoms with van der Waals surface area (Å²) in [7, 11) is 0. The highest BCUT2D eigenvalue weighted by atomic mass is 16.5. The van der Waals surface area contributed by atoms with E-state index in [0.717, 1.165) is 12.2 Å². The molecule has 0 aliphatic heterocycles. The van der Waals surface area contributed by atoms with Crippen LogP contribution < -0.4 is 0 Å². The van der Waals surface area contributed by atoms with E-state index in [9.17, 15) is 0 Å². The predicted octanol–water partition coefficient (Wildman–Crippen LogP) is 2.66. The molecule has 0 saturated heterocycles. The third-order valence-corrected chi connectivity index (χ3v) is 1.48. The molecule has 0 aliphatic rings. The van der Waals surface area contributed by atoms with Crippen molar-refractivity contribution in [3.05, 3.63) is 35.9 Å². The molecule has 1 nitrogen and oxygen atoms in total. The van der Waals surface area contributed by atoms with E-state index >= 15 is 0 Å². The van der Waals surface area contributed by atoms with Gasteiger partial charge in [-0.1, -0.05) is 38.1 Å². The molecule has 1 aromatic carbocycles. The van der Waals surface area contributed by atoms with Crippen LogP contribution >= 0.6 is 0 Å². The quantitative estimate of drug-likeness (QED) is 0.663. The Kier molecular flexibility index (Phi) is 3.81. The summed E-state index contributed by atoms with van der Waals surface area (Å²) in [6.07, 6.45) is 0. The van der Waals surface area contributed by atoms with Crippen LogP contribution in [0.5, 0.6) is 0 Å². The van der Waals surface area contributed by atoms with Crippen molar-refractivity contribution >= 4 is 0 Å². The average Bonchev–Trinajstić information content (AvgIpc) is 2.05. The Morgan fingerprint density at radius 2 is 2.25 bits per heavy atom. The lowest BCUT2D eigenvalue weighted by molar-refractivity contribution is 0.0969. The van der Waals surface area contributed by atoms with Crippen molar-refractivity contribution in [2.24, 2.45) is 5.92 Å². The lowest BCUT2D eigenvalue weighted by atomic mass is 10.2. The van der Waals surface area contributed by atoms with Crippen LogP contribution in [0.3, 0.4) is 0 Å². The normalized spacial score (nSPS) is 10.6. The van der Waals surface area contributed by atoms with Gasteiger partial charge in [0.2, 0.25) is 0 Å². The molecule has 1 rings (SSSR count). The van der Waals surface area contributed by atoms with Crippen LogP contribution in [0.2, 0.25) is 0 Å². The van der Waals surface area contributed by atoms with Gasteiger partial charge in [-0.2, -0.15) is 0 Å². The molecule has 1 radical (unpaired) electrons. The average molecular weight is 163 g/mol. The van der Waals surface area contributed by atoms with E-state index in [1.807, 2.05) is 24.3 Å². The fourth-order valence-electron chi connectivity index (χ4n) is 0.925. The SMILES string of the molecule is CC(C)COCc1[c]cccc1. The van der Waals surface area contributed by atoms with Crippen molar-refractivity contribution in [2.75, 3.05) is 6.61 Å². The Hall–Kier alpha value is -0.820. The van der Waals surface area contributed by atoms with Crippen molar-refractivity contribution in [3.8, 4) is 0 Å². The minimum absolute atomic E-state index is 0.605. The fourth-order valence-corrected chi connectivity index (χ4v) is 0.925. The summed E-state index contributed by atoms with van der Waals surface area (Å²) in [5.41, 5.74) is 1.12. The Morgan fingerprint density at radius 3 is 2.83 bits per heavy atom. The zero-order valence-corrected chi connectivity index (χ0v) is 7.71. The molecule has 0 unspecified atom stereocenters. The highest BCUT2D eigenvalue weighted by molar-refractivity contribution is 5.11. The Morgan fingerprint density at radius 1 is 1.42 bits per heavy atom. The van der Waals surface area contributed by atoms with Crippen LogP contribution in [-0.4, -0.2) is 6.61 Å². The molecule has 12 heavy (non-hydrogen) atoms. The maximum Gasteiger partial charge on any atom is 0.0723 e. The maximum atomic E-state index is 5.45. The van der Waals surface area contributed by atoms with E-state index in [0.29, 0.717) is 12.5 Å². The molecule has 0 atom stereocenters. The molecular weight excluding hydrogens is 148 g/mol. The molecule has 65 valence electrons. The summed E-state index contributed by atoms with van der Waals surface area (Å²) in [5, 5.41) is 0. The number of benzene rings is 1. The first-order valence-corrected chi connectivity index (χ1v) is 4.32. The van der Waals surface area contributed by atoms with Crippen LogP contribution in [-0.2, 0) is 11.3 Å². The maximum absolute atomic E-state index is 5.45. The molecule has 0 N–H and O–H groups in total. The zero-order chi connectivity index (χ0) is 8.81. The minimum atomic E-state index is 0.605. The van der Waals surface area contributed by atoms with E-state index in [1.54, 1.807) is 0 Å². The van der Waals surface area contributed by atoms with Crippen molar-refractivity contribution in [1.82, 2.24) is 0 Å². The summed E-state index contributed by atoms with van der Waals surface area (Å²) in [4.78, 5) is 0. The van der Waals surface area contributed by atoms with Gasteiger partial charge >= 0.3 is 0 Å². The third-order valence-electron chi connectivity index (χ3n) is 1.48. The van der Waals surface area contributed by atoms with Gasteiger partial charge in [-0.15, -0.1) is 0 Å². The second-order valence-electron chi connectivity index (χ2n) is 3.30. The molecule has 0 aromatic heterocycles. The fraction of sp³-hybridized carbons (Fsp3) is 0.455. The number of ether oxygens (including phenoxy) is 1. The highest BCUT2D eigenvalue weighted by Gasteiger charge is 1.94. The van der Waals surface area contributed by atoms with E-state index in [2.05, 4.69) is 19.9 Å². The van der Waals surface area contributed by atoms with Crippen LogP contribution in [0.1, 0.15) is 19.4 Å². The molecule has 0 spiro atoms. The van der Waals surface area contributed by atoms with Gasteiger partial charge in [-0.25, -0.2) is 0 Å². The third kappa shape index (κ3) is 3.54. The van der Waals surface area contributed by atoms with Crippen molar-refractivity contribution in [1.29, 1.82) is 0 Å². The Labute approximate surface area is 74.4 Å². The first kappa shape index (κ1) is 9.27. The van der Waals surface area contributed by atoms with Crippen LogP contribution in [0.25, 0.3) is 0 Å². The molecule has 0 amide bonds. The molecule has 0 aliphatic carbocycles. The van der Waals surface area contributed by atoms with Crippen LogP contribution in [0, 0.1) is 12.0 Å². The molecule has 0 heterocycles. The summed E-state index contributed by atoms with van der Waals surface area (Å²) >= 11 is 0. The van der Waals surface area contributed by atoms with Crippen molar-refractivity contribution in [3.63, 3.8) is 0 Å². The topological polar surface area (TPSA) is 9.23 Å². The molecule has 1 heteroatoms. The van der Waals surface area contributed by atoms with Gasteiger partial charge in [0.05, 0.1) is 6.61 Å². The summed E-state index contributed by atoms with van der Waals surface area (Å²) in [6, 6.07) is 11.0. The number of hydrogen-bond donors (Lipinski definition) is 0. The standard InChI is InChI=1S/C11H15O/c1-10(2)8-12-9-11-6-4-3-5-7-11/h3-6,10H,8-9H2,1-2H3. The smallest absolute Gasteiger partial charge is 0.0723 e. The Bertz CT molecular complexity index is 204.